The van der Waals surface area contributed by atoms with Gasteiger partial charge in [-0.2, -0.15) is 5.26 Å². The molecule has 2 fully saturated rings. The van der Waals surface area contributed by atoms with Gasteiger partial charge in [-0.05, 0) is 51.3 Å². The molecule has 10 heteroatoms. The Kier molecular flexibility index (Phi) is 5.31. The monoisotopic (exact) mass is 441 g/mol. The zero-order valence-corrected chi connectivity index (χ0v) is 18.4. The van der Waals surface area contributed by atoms with Gasteiger partial charge in [-0.25, -0.2) is 14.5 Å². The van der Waals surface area contributed by atoms with Crippen LogP contribution in [0.25, 0.3) is 0 Å². The summed E-state index contributed by atoms with van der Waals surface area (Å²) in [6, 6.07) is 9.80. The molecule has 4 rings (SSSR count). The Morgan fingerprint density at radius 3 is 2.65 bits per heavy atom. The Bertz CT molecular complexity index is 1010. The second kappa shape index (κ2) is 7.81. The predicted molar refractivity (Wildman–Crippen MR) is 114 cm³/mol. The van der Waals surface area contributed by atoms with Gasteiger partial charge in [-0.15, -0.1) is 10.2 Å². The number of hydrogen-bond donors (Lipinski definition) is 0. The maximum absolute atomic E-state index is 12.7. The lowest BCUT2D eigenvalue weighted by Gasteiger charge is -2.26. The quantitative estimate of drug-likeness (QED) is 0.693. The van der Waals surface area contributed by atoms with Gasteiger partial charge in [0.25, 0.3) is 0 Å². The van der Waals surface area contributed by atoms with Gasteiger partial charge >= 0.3 is 12.2 Å². The molecule has 2 aliphatic rings. The highest BCUT2D eigenvalue weighted by Gasteiger charge is 2.45. The van der Waals surface area contributed by atoms with E-state index in [1.165, 1.54) is 26.6 Å². The number of nitriles is 1. The third-order valence-electron chi connectivity index (χ3n) is 5.15. The zero-order valence-electron chi connectivity index (χ0n) is 17.6. The van der Waals surface area contributed by atoms with Crippen LogP contribution in [0.2, 0.25) is 0 Å². The molecule has 2 amide bonds. The summed E-state index contributed by atoms with van der Waals surface area (Å²) in [5, 5.41) is 17.5. The first kappa shape index (κ1) is 21.1. The fourth-order valence-corrected chi connectivity index (χ4v) is 3.97. The number of aromatic nitrogens is 2. The van der Waals surface area contributed by atoms with Crippen LogP contribution in [0.5, 0.6) is 0 Å². The molecular weight excluding hydrogens is 418 g/mol. The minimum atomic E-state index is -0.678. The maximum Gasteiger partial charge on any atom is 0.416 e. The van der Waals surface area contributed by atoms with Crippen molar-refractivity contribution in [3.63, 3.8) is 0 Å². The Balaban J connectivity index is 1.46. The summed E-state index contributed by atoms with van der Waals surface area (Å²) in [6.07, 6.45) is 0.110. The molecule has 0 spiro atoms. The van der Waals surface area contributed by atoms with Crippen molar-refractivity contribution in [3.05, 3.63) is 35.3 Å². The van der Waals surface area contributed by atoms with Gasteiger partial charge in [0.2, 0.25) is 5.13 Å². The van der Waals surface area contributed by atoms with E-state index in [1.54, 1.807) is 20.8 Å². The molecule has 0 unspecified atom stereocenters. The van der Waals surface area contributed by atoms with E-state index in [9.17, 15) is 14.9 Å². The normalized spacial score (nSPS) is 19.5. The van der Waals surface area contributed by atoms with Crippen molar-refractivity contribution in [2.45, 2.75) is 50.7 Å². The molecule has 0 radical (unpaired) electrons. The van der Waals surface area contributed by atoms with E-state index in [4.69, 9.17) is 9.47 Å². The predicted octanol–water partition coefficient (Wildman–Crippen LogP) is 3.86. The topological polar surface area (TPSA) is 109 Å². The SMILES string of the molecule is CC(C)(C)OC(=O)N(C[C@H]1CN(c2ccc(C3(C#N)CC3)cc2)C(=O)O1)c1nncs1. The lowest BCUT2D eigenvalue weighted by Crippen LogP contribution is -2.42. The van der Waals surface area contributed by atoms with Crippen LogP contribution < -0.4 is 9.80 Å². The number of hydrogen-bond acceptors (Lipinski definition) is 8. The average Bonchev–Trinajstić information content (AvgIpc) is 3.15. The molecule has 0 N–H and O–H groups in total. The summed E-state index contributed by atoms with van der Waals surface area (Å²) >= 11 is 1.20. The Labute approximate surface area is 184 Å². The van der Waals surface area contributed by atoms with E-state index in [2.05, 4.69) is 16.3 Å². The van der Waals surface area contributed by atoms with Crippen LogP contribution in [0.1, 0.15) is 39.2 Å². The van der Waals surface area contributed by atoms with Crippen LogP contribution in [0.3, 0.4) is 0 Å². The third kappa shape index (κ3) is 4.46. The molecule has 1 aromatic carbocycles. The van der Waals surface area contributed by atoms with Gasteiger partial charge in [-0.1, -0.05) is 23.5 Å². The molecule has 2 aromatic rings. The number of amides is 2. The van der Waals surface area contributed by atoms with Crippen LogP contribution in [-0.2, 0) is 14.9 Å². The molecule has 1 saturated carbocycles. The van der Waals surface area contributed by atoms with E-state index in [-0.39, 0.29) is 18.5 Å². The molecular formula is C21H23N5O4S. The number of ether oxygens (including phenoxy) is 2. The lowest BCUT2D eigenvalue weighted by atomic mass is 9.97. The van der Waals surface area contributed by atoms with E-state index in [1.807, 2.05) is 24.3 Å². The minimum Gasteiger partial charge on any atom is -0.443 e. The molecule has 1 saturated heterocycles. The number of rotatable bonds is 5. The summed E-state index contributed by atoms with van der Waals surface area (Å²) in [5.74, 6) is 0. The standard InChI is InChI=1S/C21H23N5O4S/c1-20(2,3)30-19(28)26(17-24-23-13-31-17)11-16-10-25(18(27)29-16)15-6-4-14(5-7-15)21(12-22)8-9-21/h4-7,13,16H,8-11H2,1-3H3/t16-/m1/s1. The maximum atomic E-state index is 12.7. The lowest BCUT2D eigenvalue weighted by molar-refractivity contribution is 0.0558. The van der Waals surface area contributed by atoms with Crippen molar-refractivity contribution in [3.8, 4) is 6.07 Å². The van der Waals surface area contributed by atoms with E-state index < -0.39 is 23.9 Å². The molecule has 1 aliphatic carbocycles. The smallest absolute Gasteiger partial charge is 0.416 e. The van der Waals surface area contributed by atoms with E-state index in [0.717, 1.165) is 18.4 Å². The second-order valence-electron chi connectivity index (χ2n) is 8.67. The third-order valence-corrected chi connectivity index (χ3v) is 5.86. The summed E-state index contributed by atoms with van der Waals surface area (Å²) in [6.45, 7) is 5.72. The summed E-state index contributed by atoms with van der Waals surface area (Å²) < 4.78 is 11.0. The fourth-order valence-electron chi connectivity index (χ4n) is 3.41. The number of benzene rings is 1. The molecule has 2 heterocycles. The van der Waals surface area contributed by atoms with Crippen LogP contribution in [0.4, 0.5) is 20.4 Å². The van der Waals surface area contributed by atoms with Gasteiger partial charge in [0, 0.05) is 5.69 Å². The first-order chi connectivity index (χ1) is 14.7. The molecule has 162 valence electrons. The average molecular weight is 442 g/mol. The van der Waals surface area contributed by atoms with Crippen molar-refractivity contribution in [1.29, 1.82) is 5.26 Å². The number of carbonyl (C=O) groups excluding carboxylic acids is 2. The van der Waals surface area contributed by atoms with Gasteiger partial charge < -0.3 is 9.47 Å². The largest absolute Gasteiger partial charge is 0.443 e. The van der Waals surface area contributed by atoms with Gasteiger partial charge in [-0.3, -0.25) is 4.90 Å². The number of nitrogens with zero attached hydrogens (tertiary/aromatic N) is 5. The highest BCUT2D eigenvalue weighted by molar-refractivity contribution is 7.13. The van der Waals surface area contributed by atoms with Crippen LogP contribution >= 0.6 is 11.3 Å². The van der Waals surface area contributed by atoms with Crippen molar-refractivity contribution >= 4 is 34.3 Å². The Morgan fingerprint density at radius 1 is 1.39 bits per heavy atom. The van der Waals surface area contributed by atoms with Gasteiger partial charge in [0.05, 0.1) is 24.6 Å². The molecule has 0 bridgehead atoms. The van der Waals surface area contributed by atoms with Crippen LogP contribution in [0, 0.1) is 11.3 Å². The van der Waals surface area contributed by atoms with Gasteiger partial charge in [0.15, 0.2) is 0 Å². The van der Waals surface area contributed by atoms with E-state index in [0.29, 0.717) is 10.8 Å². The van der Waals surface area contributed by atoms with E-state index >= 15 is 0 Å². The zero-order chi connectivity index (χ0) is 22.2. The van der Waals surface area contributed by atoms with Crippen molar-refractivity contribution in [2.24, 2.45) is 0 Å². The summed E-state index contributed by atoms with van der Waals surface area (Å²) in [5.41, 5.74) is 2.12. The van der Waals surface area contributed by atoms with Crippen LogP contribution in [-0.4, -0.2) is 47.2 Å². The molecule has 31 heavy (non-hydrogen) atoms. The Hall–Kier alpha value is -3.19. The number of anilines is 2. The number of cyclic esters (lactones) is 1. The molecule has 1 aromatic heterocycles. The summed E-state index contributed by atoms with van der Waals surface area (Å²) in [7, 11) is 0. The fraction of sp³-hybridized carbons (Fsp3) is 0.476. The number of carbonyl (C=O) groups is 2. The summed E-state index contributed by atoms with van der Waals surface area (Å²) in [4.78, 5) is 28.1. The first-order valence-electron chi connectivity index (χ1n) is 9.97. The first-order valence-corrected chi connectivity index (χ1v) is 10.9. The molecule has 1 atom stereocenters. The minimum absolute atomic E-state index is 0.0992. The Morgan fingerprint density at radius 2 is 2.10 bits per heavy atom. The van der Waals surface area contributed by atoms with Crippen LogP contribution in [0.15, 0.2) is 29.8 Å². The highest BCUT2D eigenvalue weighted by atomic mass is 32.1. The second-order valence-corrected chi connectivity index (χ2v) is 9.48. The van der Waals surface area contributed by atoms with Gasteiger partial charge in [0.1, 0.15) is 17.2 Å². The molecule has 1 aliphatic heterocycles. The van der Waals surface area contributed by atoms with Crippen molar-refractivity contribution in [2.75, 3.05) is 22.9 Å². The van der Waals surface area contributed by atoms with Crippen molar-refractivity contribution in [1.82, 2.24) is 10.2 Å². The molecule has 9 nitrogen and oxygen atoms in total. The van der Waals surface area contributed by atoms with Crippen molar-refractivity contribution < 1.29 is 19.1 Å². The highest BCUT2D eigenvalue weighted by Crippen LogP contribution is 2.47.